The Balaban J connectivity index is 2.92. The van der Waals surface area contributed by atoms with Crippen LogP contribution in [-0.2, 0) is 7.05 Å². The van der Waals surface area contributed by atoms with Gasteiger partial charge in [-0.05, 0) is 6.07 Å². The number of aromatic nitrogens is 1. The van der Waals surface area contributed by atoms with Crippen LogP contribution in [-0.4, -0.2) is 10.4 Å². The van der Waals surface area contributed by atoms with Crippen LogP contribution in [0.4, 0.5) is 5.69 Å². The normalized spacial score (nSPS) is 10.7. The predicted octanol–water partition coefficient (Wildman–Crippen LogP) is 1.96. The van der Waals surface area contributed by atoms with Gasteiger partial charge in [-0.25, -0.2) is 0 Å². The molecule has 1 aromatic carbocycles. The Labute approximate surface area is 82.1 Å². The molecular weight excluding hydrogens is 176 g/mol. The first-order chi connectivity index (χ1) is 6.63. The molecule has 3 heteroatoms. The molecule has 0 saturated carbocycles. The Hall–Kier alpha value is -1.77. The molecule has 1 aromatic heterocycles. The number of carbonyl (C=O) groups is 1. The van der Waals surface area contributed by atoms with Gasteiger partial charge in [0.05, 0.1) is 11.2 Å². The minimum Gasteiger partial charge on any atom is -0.396 e. The number of nitrogens with two attached hydrogens (primary N) is 1. The van der Waals surface area contributed by atoms with Crippen LogP contribution < -0.4 is 5.73 Å². The molecule has 0 spiro atoms. The fourth-order valence-electron chi connectivity index (χ4n) is 1.85. The predicted molar refractivity (Wildman–Crippen MR) is 57.3 cm³/mol. The SMILES string of the molecule is CC(=O)c1c(N)c2ccccc2n1C. The molecule has 0 aliphatic rings. The lowest BCUT2D eigenvalue weighted by Gasteiger charge is -1.99. The molecule has 0 bridgehead atoms. The van der Waals surface area contributed by atoms with Crippen molar-refractivity contribution in [2.24, 2.45) is 7.05 Å². The van der Waals surface area contributed by atoms with Crippen molar-refractivity contribution in [1.82, 2.24) is 4.57 Å². The van der Waals surface area contributed by atoms with E-state index in [1.165, 1.54) is 6.92 Å². The van der Waals surface area contributed by atoms with E-state index in [0.29, 0.717) is 11.4 Å². The second-order valence-electron chi connectivity index (χ2n) is 3.39. The number of fused-ring (bicyclic) bond motifs is 1. The molecule has 0 fully saturated rings. The minimum absolute atomic E-state index is 0.00111. The molecular formula is C11H12N2O. The summed E-state index contributed by atoms with van der Waals surface area (Å²) in [5, 5.41) is 0.945. The lowest BCUT2D eigenvalue weighted by molar-refractivity contribution is 0.101. The molecule has 0 radical (unpaired) electrons. The molecule has 0 amide bonds. The molecule has 0 atom stereocenters. The van der Waals surface area contributed by atoms with E-state index in [9.17, 15) is 4.79 Å². The van der Waals surface area contributed by atoms with Crippen LogP contribution in [0.25, 0.3) is 10.9 Å². The van der Waals surface area contributed by atoms with Gasteiger partial charge in [-0.15, -0.1) is 0 Å². The third-order valence-corrected chi connectivity index (χ3v) is 2.48. The van der Waals surface area contributed by atoms with Crippen molar-refractivity contribution >= 4 is 22.4 Å². The number of hydrogen-bond acceptors (Lipinski definition) is 2. The van der Waals surface area contributed by atoms with Crippen LogP contribution in [0.2, 0.25) is 0 Å². The number of anilines is 1. The zero-order valence-electron chi connectivity index (χ0n) is 8.24. The Morgan fingerprint density at radius 1 is 1.36 bits per heavy atom. The molecule has 0 aliphatic heterocycles. The van der Waals surface area contributed by atoms with Crippen molar-refractivity contribution in [3.8, 4) is 0 Å². The van der Waals surface area contributed by atoms with Crippen molar-refractivity contribution in [1.29, 1.82) is 0 Å². The first kappa shape index (κ1) is 8.81. The Kier molecular flexibility index (Phi) is 1.81. The molecule has 1 heterocycles. The largest absolute Gasteiger partial charge is 0.396 e. The number of carbonyl (C=O) groups excluding carboxylic acids is 1. The first-order valence-corrected chi connectivity index (χ1v) is 4.46. The smallest absolute Gasteiger partial charge is 0.178 e. The average Bonchev–Trinajstić information content (AvgIpc) is 2.41. The highest BCUT2D eigenvalue weighted by molar-refractivity contribution is 6.07. The van der Waals surface area contributed by atoms with Gasteiger partial charge in [0.15, 0.2) is 5.78 Å². The summed E-state index contributed by atoms with van der Waals surface area (Å²) < 4.78 is 1.84. The van der Waals surface area contributed by atoms with Gasteiger partial charge in [-0.1, -0.05) is 18.2 Å². The zero-order chi connectivity index (χ0) is 10.3. The Morgan fingerprint density at radius 3 is 2.57 bits per heavy atom. The second-order valence-corrected chi connectivity index (χ2v) is 3.39. The summed E-state index contributed by atoms with van der Waals surface area (Å²) in [6, 6.07) is 7.74. The number of nitrogens with zero attached hydrogens (tertiary/aromatic N) is 1. The number of para-hydroxylation sites is 1. The van der Waals surface area contributed by atoms with Crippen molar-refractivity contribution < 1.29 is 4.79 Å². The van der Waals surface area contributed by atoms with Gasteiger partial charge in [0.25, 0.3) is 0 Å². The Morgan fingerprint density at radius 2 is 2.00 bits per heavy atom. The van der Waals surface area contributed by atoms with Crippen LogP contribution in [0.3, 0.4) is 0 Å². The molecule has 0 aliphatic carbocycles. The van der Waals surface area contributed by atoms with E-state index in [0.717, 1.165) is 10.9 Å². The molecule has 2 rings (SSSR count). The standard InChI is InChI=1S/C11H12N2O/c1-7(14)11-10(12)8-5-3-4-6-9(8)13(11)2/h3-6H,12H2,1-2H3. The topological polar surface area (TPSA) is 48.0 Å². The van der Waals surface area contributed by atoms with Gasteiger partial charge in [-0.2, -0.15) is 0 Å². The maximum Gasteiger partial charge on any atom is 0.178 e. The second kappa shape index (κ2) is 2.87. The van der Waals surface area contributed by atoms with E-state index in [4.69, 9.17) is 5.73 Å². The highest BCUT2D eigenvalue weighted by atomic mass is 16.1. The fraction of sp³-hybridized carbons (Fsp3) is 0.182. The van der Waals surface area contributed by atoms with Crippen LogP contribution in [0.15, 0.2) is 24.3 Å². The quantitative estimate of drug-likeness (QED) is 0.695. The van der Waals surface area contributed by atoms with Crippen LogP contribution in [0, 0.1) is 0 Å². The van der Waals surface area contributed by atoms with Gasteiger partial charge in [0.1, 0.15) is 5.69 Å². The van der Waals surface area contributed by atoms with Gasteiger partial charge >= 0.3 is 0 Å². The van der Waals surface area contributed by atoms with E-state index in [-0.39, 0.29) is 5.78 Å². The molecule has 2 N–H and O–H groups in total. The number of nitrogen functional groups attached to an aromatic ring is 1. The summed E-state index contributed by atoms with van der Waals surface area (Å²) in [5.41, 5.74) is 8.06. The average molecular weight is 188 g/mol. The monoisotopic (exact) mass is 188 g/mol. The summed E-state index contributed by atoms with van der Waals surface area (Å²) in [4.78, 5) is 11.4. The molecule has 3 nitrogen and oxygen atoms in total. The van der Waals surface area contributed by atoms with Crippen molar-refractivity contribution in [3.63, 3.8) is 0 Å². The molecule has 0 saturated heterocycles. The fourth-order valence-corrected chi connectivity index (χ4v) is 1.85. The van der Waals surface area contributed by atoms with E-state index < -0.39 is 0 Å². The third kappa shape index (κ3) is 1.02. The number of rotatable bonds is 1. The first-order valence-electron chi connectivity index (χ1n) is 4.46. The van der Waals surface area contributed by atoms with Gasteiger partial charge in [-0.3, -0.25) is 4.79 Å². The van der Waals surface area contributed by atoms with E-state index in [2.05, 4.69) is 0 Å². The molecule has 14 heavy (non-hydrogen) atoms. The van der Waals surface area contributed by atoms with Crippen LogP contribution >= 0.6 is 0 Å². The van der Waals surface area contributed by atoms with Gasteiger partial charge in [0.2, 0.25) is 0 Å². The van der Waals surface area contributed by atoms with E-state index >= 15 is 0 Å². The minimum atomic E-state index is 0.00111. The lowest BCUT2D eigenvalue weighted by Crippen LogP contribution is -2.04. The van der Waals surface area contributed by atoms with Crippen molar-refractivity contribution in [2.75, 3.05) is 5.73 Å². The summed E-state index contributed by atoms with van der Waals surface area (Å²) in [6.07, 6.45) is 0. The van der Waals surface area contributed by atoms with E-state index in [1.54, 1.807) is 0 Å². The molecule has 72 valence electrons. The lowest BCUT2D eigenvalue weighted by atomic mass is 10.2. The van der Waals surface area contributed by atoms with Gasteiger partial charge < -0.3 is 10.3 Å². The zero-order valence-corrected chi connectivity index (χ0v) is 8.24. The number of benzene rings is 1. The molecule has 2 aromatic rings. The van der Waals surface area contributed by atoms with Crippen LogP contribution in [0.1, 0.15) is 17.4 Å². The number of aryl methyl sites for hydroxylation is 1. The number of hydrogen-bond donors (Lipinski definition) is 1. The Bertz CT molecular complexity index is 472. The summed E-state index contributed by atoms with van der Waals surface area (Å²) >= 11 is 0. The number of ketones is 1. The summed E-state index contributed by atoms with van der Waals surface area (Å²) in [6.45, 7) is 1.53. The highest BCUT2D eigenvalue weighted by Crippen LogP contribution is 2.27. The summed E-state index contributed by atoms with van der Waals surface area (Å²) in [5.74, 6) is 0.00111. The molecule has 0 unspecified atom stereocenters. The van der Waals surface area contributed by atoms with E-state index in [1.807, 2.05) is 35.9 Å². The highest BCUT2D eigenvalue weighted by Gasteiger charge is 2.14. The van der Waals surface area contributed by atoms with Gasteiger partial charge in [0, 0.05) is 19.4 Å². The maximum atomic E-state index is 11.4. The van der Waals surface area contributed by atoms with Crippen LogP contribution in [0.5, 0.6) is 0 Å². The van der Waals surface area contributed by atoms with Crippen molar-refractivity contribution in [3.05, 3.63) is 30.0 Å². The third-order valence-electron chi connectivity index (χ3n) is 2.48. The number of Topliss-reactive ketones (excluding diaryl/α,β-unsaturated/α-hetero) is 1. The van der Waals surface area contributed by atoms with Crippen molar-refractivity contribution in [2.45, 2.75) is 6.92 Å². The maximum absolute atomic E-state index is 11.4. The summed E-state index contributed by atoms with van der Waals surface area (Å²) in [7, 11) is 1.86.